The van der Waals surface area contributed by atoms with E-state index in [0.29, 0.717) is 23.2 Å². The number of aromatic amines is 1. The Balaban J connectivity index is 1.83. The Labute approximate surface area is 100 Å². The van der Waals surface area contributed by atoms with E-state index in [4.69, 9.17) is 4.42 Å². The molecule has 0 saturated heterocycles. The number of hydrogen-bond acceptors (Lipinski definition) is 3. The molecule has 0 fully saturated rings. The fourth-order valence-electron chi connectivity index (χ4n) is 1.28. The molecule has 5 nitrogen and oxygen atoms in total. The largest absolute Gasteiger partial charge is 0.457 e. The highest BCUT2D eigenvalue weighted by atomic mass is 79.9. The molecule has 0 atom stereocenters. The van der Waals surface area contributed by atoms with Gasteiger partial charge in [0.05, 0.1) is 11.8 Å². The van der Waals surface area contributed by atoms with Crippen LogP contribution in [0.2, 0.25) is 0 Å². The SMILES string of the molecule is O=C(NCCc1ncc[nH]1)c1ccoc1Br. The fourth-order valence-corrected chi connectivity index (χ4v) is 1.70. The van der Waals surface area contributed by atoms with E-state index in [1.54, 1.807) is 18.5 Å². The summed E-state index contributed by atoms with van der Waals surface area (Å²) in [5.74, 6) is 0.693. The summed E-state index contributed by atoms with van der Waals surface area (Å²) in [7, 11) is 0. The van der Waals surface area contributed by atoms with Crippen LogP contribution in [0.1, 0.15) is 16.2 Å². The van der Waals surface area contributed by atoms with Crippen molar-refractivity contribution in [1.82, 2.24) is 15.3 Å². The molecule has 2 heterocycles. The van der Waals surface area contributed by atoms with Gasteiger partial charge in [-0.15, -0.1) is 0 Å². The van der Waals surface area contributed by atoms with Crippen molar-refractivity contribution in [2.24, 2.45) is 0 Å². The van der Waals surface area contributed by atoms with E-state index >= 15 is 0 Å². The molecule has 16 heavy (non-hydrogen) atoms. The second-order valence-electron chi connectivity index (χ2n) is 3.15. The molecule has 6 heteroatoms. The summed E-state index contributed by atoms with van der Waals surface area (Å²) < 4.78 is 5.42. The van der Waals surface area contributed by atoms with E-state index in [-0.39, 0.29) is 5.91 Å². The summed E-state index contributed by atoms with van der Waals surface area (Å²) in [6, 6.07) is 1.62. The van der Waals surface area contributed by atoms with E-state index in [1.807, 2.05) is 0 Å². The fraction of sp³-hybridized carbons (Fsp3) is 0.200. The standard InChI is InChI=1S/C10H10BrN3O2/c11-9-7(2-6-16-9)10(15)14-3-1-8-12-4-5-13-8/h2,4-6H,1,3H2,(H,12,13)(H,14,15). The third kappa shape index (κ3) is 2.52. The molecule has 0 aromatic carbocycles. The Morgan fingerprint density at radius 2 is 2.50 bits per heavy atom. The molecule has 1 amide bonds. The van der Waals surface area contributed by atoms with Gasteiger partial charge in [0.25, 0.3) is 5.91 Å². The lowest BCUT2D eigenvalue weighted by Gasteiger charge is -2.01. The third-order valence-corrected chi connectivity index (χ3v) is 2.68. The number of carbonyl (C=O) groups excluding carboxylic acids is 1. The number of halogens is 1. The summed E-state index contributed by atoms with van der Waals surface area (Å²) in [6.45, 7) is 0.532. The van der Waals surface area contributed by atoms with Crippen LogP contribution in [0.25, 0.3) is 0 Å². The average molecular weight is 284 g/mol. The number of amides is 1. The molecule has 0 bridgehead atoms. The first-order valence-corrected chi connectivity index (χ1v) is 5.56. The van der Waals surface area contributed by atoms with E-state index in [1.165, 1.54) is 6.26 Å². The molecule has 0 spiro atoms. The van der Waals surface area contributed by atoms with E-state index in [0.717, 1.165) is 5.82 Å². The Bertz CT molecular complexity index is 464. The third-order valence-electron chi connectivity index (χ3n) is 2.06. The van der Waals surface area contributed by atoms with Gasteiger partial charge in [-0.05, 0) is 22.0 Å². The number of hydrogen-bond donors (Lipinski definition) is 2. The predicted molar refractivity (Wildman–Crippen MR) is 61.0 cm³/mol. The number of aromatic nitrogens is 2. The van der Waals surface area contributed by atoms with E-state index in [2.05, 4.69) is 31.2 Å². The first kappa shape index (κ1) is 10.9. The molecule has 0 aliphatic rings. The number of nitrogens with one attached hydrogen (secondary N) is 2. The van der Waals surface area contributed by atoms with Crippen molar-refractivity contribution < 1.29 is 9.21 Å². The number of imidazole rings is 1. The van der Waals surface area contributed by atoms with Crippen molar-refractivity contribution in [3.63, 3.8) is 0 Å². The van der Waals surface area contributed by atoms with Gasteiger partial charge in [0.1, 0.15) is 5.82 Å². The highest BCUT2D eigenvalue weighted by Crippen LogP contribution is 2.16. The highest BCUT2D eigenvalue weighted by Gasteiger charge is 2.11. The summed E-state index contributed by atoms with van der Waals surface area (Å²) in [5, 5.41) is 2.78. The van der Waals surface area contributed by atoms with Crippen LogP contribution in [-0.4, -0.2) is 22.4 Å². The molecular weight excluding hydrogens is 274 g/mol. The maximum absolute atomic E-state index is 11.6. The molecule has 2 rings (SSSR count). The minimum absolute atomic E-state index is 0.160. The molecule has 0 aliphatic heterocycles. The van der Waals surface area contributed by atoms with E-state index < -0.39 is 0 Å². The van der Waals surface area contributed by atoms with Crippen LogP contribution in [0.4, 0.5) is 0 Å². The molecule has 2 N–H and O–H groups in total. The monoisotopic (exact) mass is 283 g/mol. The zero-order valence-electron chi connectivity index (χ0n) is 8.37. The summed E-state index contributed by atoms with van der Waals surface area (Å²) in [6.07, 6.45) is 5.58. The molecule has 84 valence electrons. The Morgan fingerprint density at radius 1 is 1.62 bits per heavy atom. The van der Waals surface area contributed by atoms with Crippen LogP contribution in [0.15, 0.2) is 33.8 Å². The van der Waals surface area contributed by atoms with Gasteiger partial charge in [0.15, 0.2) is 4.67 Å². The van der Waals surface area contributed by atoms with Gasteiger partial charge in [0.2, 0.25) is 0 Å². The lowest BCUT2D eigenvalue weighted by Crippen LogP contribution is -2.25. The van der Waals surface area contributed by atoms with Gasteiger partial charge in [-0.25, -0.2) is 4.98 Å². The van der Waals surface area contributed by atoms with Crippen molar-refractivity contribution >= 4 is 21.8 Å². The van der Waals surface area contributed by atoms with Crippen LogP contribution in [-0.2, 0) is 6.42 Å². The van der Waals surface area contributed by atoms with Gasteiger partial charge < -0.3 is 14.7 Å². The minimum atomic E-state index is -0.160. The Hall–Kier alpha value is -1.56. The molecule has 0 aliphatic carbocycles. The van der Waals surface area contributed by atoms with Crippen LogP contribution in [0, 0.1) is 0 Å². The van der Waals surface area contributed by atoms with Gasteiger partial charge in [-0.3, -0.25) is 4.79 Å². The maximum Gasteiger partial charge on any atom is 0.255 e. The molecule has 0 unspecified atom stereocenters. The van der Waals surface area contributed by atoms with Gasteiger partial charge >= 0.3 is 0 Å². The van der Waals surface area contributed by atoms with Gasteiger partial charge in [-0.2, -0.15) is 0 Å². The second-order valence-corrected chi connectivity index (χ2v) is 3.87. The first-order chi connectivity index (χ1) is 7.77. The zero-order chi connectivity index (χ0) is 11.4. The normalized spacial score (nSPS) is 10.3. The summed E-state index contributed by atoms with van der Waals surface area (Å²) in [4.78, 5) is 18.6. The number of carbonyl (C=O) groups is 1. The van der Waals surface area contributed by atoms with Crippen LogP contribution in [0.5, 0.6) is 0 Å². The minimum Gasteiger partial charge on any atom is -0.457 e. The molecule has 0 saturated carbocycles. The lowest BCUT2D eigenvalue weighted by atomic mass is 10.3. The lowest BCUT2D eigenvalue weighted by molar-refractivity contribution is 0.0952. The van der Waals surface area contributed by atoms with Gasteiger partial charge in [-0.1, -0.05) is 0 Å². The quantitative estimate of drug-likeness (QED) is 0.898. The molecular formula is C10H10BrN3O2. The van der Waals surface area contributed by atoms with Crippen molar-refractivity contribution in [2.45, 2.75) is 6.42 Å². The maximum atomic E-state index is 11.6. The Morgan fingerprint density at radius 3 is 3.12 bits per heavy atom. The molecule has 2 aromatic rings. The van der Waals surface area contributed by atoms with Crippen molar-refractivity contribution in [3.05, 3.63) is 40.8 Å². The van der Waals surface area contributed by atoms with Crippen LogP contribution < -0.4 is 5.32 Å². The van der Waals surface area contributed by atoms with Crippen molar-refractivity contribution in [1.29, 1.82) is 0 Å². The van der Waals surface area contributed by atoms with E-state index in [9.17, 15) is 4.79 Å². The predicted octanol–water partition coefficient (Wildman–Crippen LogP) is 1.74. The first-order valence-electron chi connectivity index (χ1n) is 4.77. The van der Waals surface area contributed by atoms with Gasteiger partial charge in [0, 0.05) is 25.4 Å². The number of furan rings is 1. The average Bonchev–Trinajstić information content (AvgIpc) is 2.88. The second kappa shape index (κ2) is 4.98. The number of H-pyrrole nitrogens is 1. The highest BCUT2D eigenvalue weighted by molar-refractivity contribution is 9.10. The molecule has 0 radical (unpaired) electrons. The topological polar surface area (TPSA) is 70.9 Å². The van der Waals surface area contributed by atoms with Crippen molar-refractivity contribution in [2.75, 3.05) is 6.54 Å². The van der Waals surface area contributed by atoms with Crippen molar-refractivity contribution in [3.8, 4) is 0 Å². The number of nitrogens with zero attached hydrogens (tertiary/aromatic N) is 1. The van der Waals surface area contributed by atoms with Crippen LogP contribution >= 0.6 is 15.9 Å². The summed E-state index contributed by atoms with van der Waals surface area (Å²) >= 11 is 3.15. The van der Waals surface area contributed by atoms with Crippen LogP contribution in [0.3, 0.4) is 0 Å². The summed E-state index contributed by atoms with van der Waals surface area (Å²) in [5.41, 5.74) is 0.499. The Kier molecular flexibility index (Phi) is 3.40. The number of rotatable bonds is 4. The smallest absolute Gasteiger partial charge is 0.255 e. The zero-order valence-corrected chi connectivity index (χ0v) is 9.95. The molecule has 2 aromatic heterocycles.